The quantitative estimate of drug-likeness (QED) is 0.694. The van der Waals surface area contributed by atoms with Crippen molar-refractivity contribution in [3.05, 3.63) is 18.2 Å². The van der Waals surface area contributed by atoms with E-state index in [0.717, 1.165) is 12.4 Å². The number of hydrogen-bond donors (Lipinski definition) is 2. The Balaban J connectivity index is 2.50. The van der Waals surface area contributed by atoms with Gasteiger partial charge in [0.2, 0.25) is 0 Å². The van der Waals surface area contributed by atoms with Crippen LogP contribution in [0.4, 0.5) is 0 Å². The Bertz CT molecular complexity index is 308. The van der Waals surface area contributed by atoms with Crippen LogP contribution < -0.4 is 5.73 Å². The predicted molar refractivity (Wildman–Crippen MR) is 59.2 cm³/mol. The molecule has 0 fully saturated rings. The summed E-state index contributed by atoms with van der Waals surface area (Å²) in [6.07, 6.45) is 3.69. The fourth-order valence-corrected chi connectivity index (χ4v) is 1.51. The second kappa shape index (κ2) is 4.74. The highest BCUT2D eigenvalue weighted by Crippen LogP contribution is 2.04. The van der Waals surface area contributed by atoms with Crippen molar-refractivity contribution in [2.45, 2.75) is 19.0 Å². The van der Waals surface area contributed by atoms with E-state index in [-0.39, 0.29) is 6.61 Å². The van der Waals surface area contributed by atoms with Gasteiger partial charge < -0.3 is 15.4 Å². The van der Waals surface area contributed by atoms with E-state index in [9.17, 15) is 0 Å². The van der Waals surface area contributed by atoms with E-state index < -0.39 is 5.54 Å². The van der Waals surface area contributed by atoms with Crippen molar-refractivity contribution in [1.29, 1.82) is 0 Å². The normalized spacial score (nSPS) is 15.6. The number of rotatable bonds is 5. The van der Waals surface area contributed by atoms with Gasteiger partial charge in [-0.3, -0.25) is 4.90 Å². The summed E-state index contributed by atoms with van der Waals surface area (Å²) in [5.41, 5.74) is 5.31. The van der Waals surface area contributed by atoms with Crippen molar-refractivity contribution in [3.63, 3.8) is 0 Å². The molecular weight excluding hydrogens is 192 g/mol. The zero-order valence-electron chi connectivity index (χ0n) is 9.64. The molecule has 0 aliphatic carbocycles. The minimum Gasteiger partial charge on any atom is -0.394 e. The van der Waals surface area contributed by atoms with Crippen molar-refractivity contribution in [2.75, 3.05) is 20.2 Å². The SMILES string of the molecule is CN(Cc1nccn1C)CC(C)(N)CO. The molecule has 1 rings (SSSR count). The molecule has 0 bridgehead atoms. The van der Waals surface area contributed by atoms with Crippen LogP contribution in [0.25, 0.3) is 0 Å². The highest BCUT2D eigenvalue weighted by Gasteiger charge is 2.19. The summed E-state index contributed by atoms with van der Waals surface area (Å²) in [5.74, 6) is 0.992. The van der Waals surface area contributed by atoms with E-state index in [1.54, 1.807) is 6.20 Å². The smallest absolute Gasteiger partial charge is 0.122 e. The Morgan fingerprint density at radius 2 is 2.33 bits per heavy atom. The molecule has 0 radical (unpaired) electrons. The Morgan fingerprint density at radius 1 is 1.67 bits per heavy atom. The zero-order valence-corrected chi connectivity index (χ0v) is 9.64. The number of nitrogens with two attached hydrogens (primary N) is 1. The lowest BCUT2D eigenvalue weighted by molar-refractivity contribution is 0.158. The molecular formula is C10H20N4O. The zero-order chi connectivity index (χ0) is 11.5. The number of aliphatic hydroxyl groups excluding tert-OH is 1. The molecule has 1 atom stereocenters. The molecule has 3 N–H and O–H groups in total. The van der Waals surface area contributed by atoms with Gasteiger partial charge >= 0.3 is 0 Å². The number of aliphatic hydroxyl groups is 1. The van der Waals surface area contributed by atoms with Gasteiger partial charge in [0.1, 0.15) is 5.82 Å². The van der Waals surface area contributed by atoms with Crippen LogP contribution in [-0.2, 0) is 13.6 Å². The summed E-state index contributed by atoms with van der Waals surface area (Å²) in [4.78, 5) is 6.28. The average molecular weight is 212 g/mol. The third kappa shape index (κ3) is 3.62. The fraction of sp³-hybridized carbons (Fsp3) is 0.700. The lowest BCUT2D eigenvalue weighted by atomic mass is 10.1. The highest BCUT2D eigenvalue weighted by molar-refractivity contribution is 4.92. The number of hydrogen-bond acceptors (Lipinski definition) is 4. The van der Waals surface area contributed by atoms with Crippen molar-refractivity contribution in [1.82, 2.24) is 14.5 Å². The summed E-state index contributed by atoms with van der Waals surface area (Å²) in [7, 11) is 3.93. The molecule has 0 aromatic carbocycles. The van der Waals surface area contributed by atoms with Crippen LogP contribution in [0.15, 0.2) is 12.4 Å². The van der Waals surface area contributed by atoms with E-state index in [0.29, 0.717) is 6.54 Å². The first-order valence-corrected chi connectivity index (χ1v) is 4.99. The molecule has 0 spiro atoms. The number of aryl methyl sites for hydroxylation is 1. The first kappa shape index (κ1) is 12.2. The maximum Gasteiger partial charge on any atom is 0.122 e. The third-order valence-corrected chi connectivity index (χ3v) is 2.32. The first-order chi connectivity index (χ1) is 6.94. The Labute approximate surface area is 90.5 Å². The van der Waals surface area contributed by atoms with Gasteiger partial charge in [0.25, 0.3) is 0 Å². The lowest BCUT2D eigenvalue weighted by Gasteiger charge is -2.28. The standard InChI is InChI=1S/C10H20N4O/c1-10(11,8-15)7-13(2)6-9-12-4-5-14(9)3/h4-5,15H,6-8,11H2,1-3H3. The minimum atomic E-state index is -0.556. The van der Waals surface area contributed by atoms with Crippen LogP contribution in [0.3, 0.4) is 0 Å². The third-order valence-electron chi connectivity index (χ3n) is 2.32. The topological polar surface area (TPSA) is 67.3 Å². The van der Waals surface area contributed by atoms with Crippen molar-refractivity contribution < 1.29 is 5.11 Å². The van der Waals surface area contributed by atoms with Gasteiger partial charge in [-0.05, 0) is 14.0 Å². The second-order valence-electron chi connectivity index (χ2n) is 4.44. The molecule has 15 heavy (non-hydrogen) atoms. The monoisotopic (exact) mass is 212 g/mol. The second-order valence-corrected chi connectivity index (χ2v) is 4.44. The lowest BCUT2D eigenvalue weighted by Crippen LogP contribution is -2.49. The molecule has 5 heteroatoms. The summed E-state index contributed by atoms with van der Waals surface area (Å²) < 4.78 is 1.98. The summed E-state index contributed by atoms with van der Waals surface area (Å²) in [6, 6.07) is 0. The van der Waals surface area contributed by atoms with E-state index in [2.05, 4.69) is 9.88 Å². The Morgan fingerprint density at radius 3 is 2.80 bits per heavy atom. The molecule has 0 aliphatic rings. The van der Waals surface area contributed by atoms with Crippen molar-refractivity contribution >= 4 is 0 Å². The maximum atomic E-state index is 9.05. The van der Waals surface area contributed by atoms with Gasteiger partial charge in [-0.25, -0.2) is 4.98 Å². The van der Waals surface area contributed by atoms with E-state index in [4.69, 9.17) is 10.8 Å². The van der Waals surface area contributed by atoms with Crippen LogP contribution >= 0.6 is 0 Å². The van der Waals surface area contributed by atoms with Crippen molar-refractivity contribution in [2.24, 2.45) is 12.8 Å². The van der Waals surface area contributed by atoms with Crippen molar-refractivity contribution in [3.8, 4) is 0 Å². The summed E-state index contributed by atoms with van der Waals surface area (Å²) in [6.45, 7) is 3.19. The fourth-order valence-electron chi connectivity index (χ4n) is 1.51. The van der Waals surface area contributed by atoms with Crippen LogP contribution in [0.2, 0.25) is 0 Å². The summed E-state index contributed by atoms with van der Waals surface area (Å²) >= 11 is 0. The number of likely N-dealkylation sites (N-methyl/N-ethyl adjacent to an activating group) is 1. The molecule has 1 heterocycles. The molecule has 0 saturated carbocycles. The van der Waals surface area contributed by atoms with Gasteiger partial charge in [0.05, 0.1) is 13.2 Å². The number of nitrogens with zero attached hydrogens (tertiary/aromatic N) is 3. The maximum absolute atomic E-state index is 9.05. The van der Waals surface area contributed by atoms with Gasteiger partial charge in [-0.15, -0.1) is 0 Å². The van der Waals surface area contributed by atoms with Crippen LogP contribution in [-0.4, -0.2) is 45.3 Å². The van der Waals surface area contributed by atoms with Crippen LogP contribution in [0, 0.1) is 0 Å². The number of aromatic nitrogens is 2. The molecule has 1 aromatic heterocycles. The molecule has 0 amide bonds. The molecule has 0 aliphatic heterocycles. The van der Waals surface area contributed by atoms with E-state index in [1.165, 1.54) is 0 Å². The minimum absolute atomic E-state index is 0.0160. The largest absolute Gasteiger partial charge is 0.394 e. The van der Waals surface area contributed by atoms with E-state index >= 15 is 0 Å². The van der Waals surface area contributed by atoms with Crippen LogP contribution in [0.1, 0.15) is 12.7 Å². The predicted octanol–water partition coefficient (Wildman–Crippen LogP) is -0.438. The van der Waals surface area contributed by atoms with Gasteiger partial charge in [0.15, 0.2) is 0 Å². The molecule has 5 nitrogen and oxygen atoms in total. The summed E-state index contributed by atoms with van der Waals surface area (Å²) in [5, 5.41) is 9.05. The molecule has 0 saturated heterocycles. The Kier molecular flexibility index (Phi) is 3.84. The Hall–Kier alpha value is -0.910. The van der Waals surface area contributed by atoms with E-state index in [1.807, 2.05) is 31.8 Å². The van der Waals surface area contributed by atoms with Gasteiger partial charge in [0, 0.05) is 31.5 Å². The highest BCUT2D eigenvalue weighted by atomic mass is 16.3. The van der Waals surface area contributed by atoms with Gasteiger partial charge in [-0.2, -0.15) is 0 Å². The number of imidazole rings is 1. The molecule has 86 valence electrons. The molecule has 1 unspecified atom stereocenters. The molecule has 1 aromatic rings. The first-order valence-electron chi connectivity index (χ1n) is 4.99. The van der Waals surface area contributed by atoms with Crippen LogP contribution in [0.5, 0.6) is 0 Å². The van der Waals surface area contributed by atoms with Gasteiger partial charge in [-0.1, -0.05) is 0 Å². The average Bonchev–Trinajstić information content (AvgIpc) is 2.51.